The fourth-order valence-electron chi connectivity index (χ4n) is 3.69. The molecule has 2 unspecified atom stereocenters. The summed E-state index contributed by atoms with van der Waals surface area (Å²) in [5.74, 6) is -0.799. The zero-order valence-corrected chi connectivity index (χ0v) is 17.7. The van der Waals surface area contributed by atoms with Gasteiger partial charge in [-0.2, -0.15) is 5.10 Å². The quantitative estimate of drug-likeness (QED) is 0.790. The molecule has 1 fully saturated rings. The van der Waals surface area contributed by atoms with E-state index in [0.29, 0.717) is 24.4 Å². The summed E-state index contributed by atoms with van der Waals surface area (Å²) in [6.07, 6.45) is 0.370. The van der Waals surface area contributed by atoms with E-state index in [1.54, 1.807) is 16.8 Å². The second kappa shape index (κ2) is 7.81. The molecule has 1 aromatic heterocycles. The molecule has 1 heterocycles. The minimum atomic E-state index is -1.06. The molecule has 6 nitrogen and oxygen atoms in total. The van der Waals surface area contributed by atoms with Gasteiger partial charge in [0, 0.05) is 29.8 Å². The van der Waals surface area contributed by atoms with Gasteiger partial charge in [0.2, 0.25) is 5.91 Å². The van der Waals surface area contributed by atoms with Crippen LogP contribution in [0.25, 0.3) is 5.69 Å². The molecule has 0 radical (unpaired) electrons. The van der Waals surface area contributed by atoms with Gasteiger partial charge in [0.05, 0.1) is 11.8 Å². The van der Waals surface area contributed by atoms with Crippen LogP contribution >= 0.6 is 12.4 Å². The number of carbonyl (C=O) groups excluding carboxylic acids is 1. The van der Waals surface area contributed by atoms with Crippen LogP contribution in [0.3, 0.4) is 0 Å². The molecule has 154 valence electrons. The van der Waals surface area contributed by atoms with Crippen molar-refractivity contribution in [1.82, 2.24) is 9.78 Å². The molecule has 0 spiro atoms. The summed E-state index contributed by atoms with van der Waals surface area (Å²) in [7, 11) is 0. The Morgan fingerprint density at radius 1 is 1.39 bits per heavy atom. The number of nitrogens with zero attached hydrogens (tertiary/aromatic N) is 2. The average molecular weight is 411 g/mol. The van der Waals surface area contributed by atoms with Gasteiger partial charge in [0.25, 0.3) is 0 Å². The Morgan fingerprint density at radius 2 is 2.07 bits per heavy atom. The molecule has 1 amide bonds. The molecular formula is C20H28ClFN4O2. The van der Waals surface area contributed by atoms with E-state index in [-0.39, 0.29) is 24.4 Å². The van der Waals surface area contributed by atoms with Gasteiger partial charge in [-0.3, -0.25) is 4.79 Å². The van der Waals surface area contributed by atoms with E-state index < -0.39 is 16.8 Å². The predicted octanol–water partition coefficient (Wildman–Crippen LogP) is 3.52. The molecule has 1 aliphatic rings. The number of aryl methyl sites for hydroxylation is 2. The number of aromatic nitrogens is 2. The van der Waals surface area contributed by atoms with Crippen molar-refractivity contribution in [3.05, 3.63) is 41.5 Å². The van der Waals surface area contributed by atoms with E-state index in [2.05, 4.69) is 10.4 Å². The molecule has 2 atom stereocenters. The molecule has 2 aromatic rings. The average Bonchev–Trinajstić information content (AvgIpc) is 2.92. The fraction of sp³-hybridized carbons (Fsp3) is 0.500. The zero-order valence-electron chi connectivity index (χ0n) is 16.9. The van der Waals surface area contributed by atoms with Crippen molar-refractivity contribution in [2.75, 3.05) is 11.9 Å². The number of anilines is 1. The molecule has 1 saturated carbocycles. The third-order valence-corrected chi connectivity index (χ3v) is 5.68. The van der Waals surface area contributed by atoms with Crippen LogP contribution in [0.5, 0.6) is 0 Å². The Balaban J connectivity index is 0.00000280. The van der Waals surface area contributed by atoms with Crippen molar-refractivity contribution in [2.24, 2.45) is 11.1 Å². The summed E-state index contributed by atoms with van der Waals surface area (Å²) in [6.45, 7) is 10.0. The number of rotatable bonds is 5. The lowest BCUT2D eigenvalue weighted by Gasteiger charge is -2.57. The Labute approximate surface area is 171 Å². The summed E-state index contributed by atoms with van der Waals surface area (Å²) in [6, 6.07) is 6.42. The van der Waals surface area contributed by atoms with E-state index in [1.807, 2.05) is 40.7 Å². The van der Waals surface area contributed by atoms with Gasteiger partial charge in [-0.1, -0.05) is 13.8 Å². The number of benzene rings is 1. The largest absolute Gasteiger partial charge is 0.378 e. The smallest absolute Gasteiger partial charge is 0.245 e. The molecule has 0 saturated heterocycles. The molecule has 1 aromatic carbocycles. The molecule has 1 aliphatic carbocycles. The first-order valence-electron chi connectivity index (χ1n) is 9.15. The van der Waals surface area contributed by atoms with Crippen LogP contribution in [0.15, 0.2) is 24.3 Å². The van der Waals surface area contributed by atoms with E-state index in [0.717, 1.165) is 11.4 Å². The van der Waals surface area contributed by atoms with E-state index in [1.165, 1.54) is 6.07 Å². The lowest BCUT2D eigenvalue weighted by atomic mass is 9.54. The molecule has 8 heteroatoms. The maximum Gasteiger partial charge on any atom is 0.245 e. The van der Waals surface area contributed by atoms with Crippen molar-refractivity contribution in [1.29, 1.82) is 0 Å². The van der Waals surface area contributed by atoms with Gasteiger partial charge >= 0.3 is 0 Å². The summed E-state index contributed by atoms with van der Waals surface area (Å²) >= 11 is 0. The summed E-state index contributed by atoms with van der Waals surface area (Å²) in [5, 5.41) is 7.05. The van der Waals surface area contributed by atoms with Crippen molar-refractivity contribution in [3.8, 4) is 5.69 Å². The second-order valence-corrected chi connectivity index (χ2v) is 7.80. The maximum absolute atomic E-state index is 14.6. The van der Waals surface area contributed by atoms with E-state index in [9.17, 15) is 9.18 Å². The van der Waals surface area contributed by atoms with Crippen molar-refractivity contribution < 1.29 is 13.9 Å². The van der Waals surface area contributed by atoms with Crippen molar-refractivity contribution >= 4 is 24.0 Å². The minimum Gasteiger partial charge on any atom is -0.378 e. The molecule has 28 heavy (non-hydrogen) atoms. The number of hydrogen-bond acceptors (Lipinski definition) is 4. The van der Waals surface area contributed by atoms with Crippen LogP contribution in [-0.2, 0) is 9.53 Å². The zero-order chi connectivity index (χ0) is 20.0. The molecule has 0 aliphatic heterocycles. The Hall–Kier alpha value is -1.96. The fourth-order valence-corrected chi connectivity index (χ4v) is 3.69. The van der Waals surface area contributed by atoms with Crippen LogP contribution in [-0.4, -0.2) is 33.9 Å². The SMILES string of the molecule is CCOC1CC(N)(C(=O)Nc2ccc(-n3nc(C)cc3C)c(F)c2)C1(C)C.Cl. The third kappa shape index (κ3) is 3.54. The Kier molecular flexibility index (Phi) is 6.23. The highest BCUT2D eigenvalue weighted by atomic mass is 35.5. The van der Waals surface area contributed by atoms with Gasteiger partial charge in [-0.25, -0.2) is 9.07 Å². The standard InChI is InChI=1S/C20H27FN4O2.ClH/c1-6-27-17-11-20(22,19(17,4)5)18(26)23-14-7-8-16(15(21)10-14)25-13(3)9-12(2)24-25;/h7-10,17H,6,11,22H2,1-5H3,(H,23,26);1H. The monoisotopic (exact) mass is 410 g/mol. The molecule has 3 rings (SSSR count). The van der Waals surface area contributed by atoms with Crippen molar-refractivity contribution in [2.45, 2.75) is 52.7 Å². The third-order valence-electron chi connectivity index (χ3n) is 5.68. The van der Waals surface area contributed by atoms with Crippen LogP contribution in [0.2, 0.25) is 0 Å². The Bertz CT molecular complexity index is 883. The number of nitrogens with two attached hydrogens (primary N) is 1. The number of halogens is 2. The van der Waals surface area contributed by atoms with Gasteiger partial charge in [-0.15, -0.1) is 12.4 Å². The number of hydrogen-bond donors (Lipinski definition) is 2. The summed E-state index contributed by atoms with van der Waals surface area (Å²) < 4.78 is 21.8. The number of nitrogens with one attached hydrogen (secondary N) is 1. The van der Waals surface area contributed by atoms with Crippen LogP contribution in [0.4, 0.5) is 10.1 Å². The molecule has 3 N–H and O–H groups in total. The van der Waals surface area contributed by atoms with Gasteiger partial charge in [0.15, 0.2) is 5.82 Å². The first-order chi connectivity index (χ1) is 12.6. The lowest BCUT2D eigenvalue weighted by Crippen LogP contribution is -2.74. The highest BCUT2D eigenvalue weighted by Gasteiger charge is 2.62. The number of ether oxygens (including phenoxy) is 1. The first-order valence-corrected chi connectivity index (χ1v) is 9.15. The van der Waals surface area contributed by atoms with Crippen LogP contribution < -0.4 is 11.1 Å². The van der Waals surface area contributed by atoms with E-state index >= 15 is 0 Å². The molecule has 0 bridgehead atoms. The van der Waals surface area contributed by atoms with Gasteiger partial charge < -0.3 is 15.8 Å². The second-order valence-electron chi connectivity index (χ2n) is 7.80. The van der Waals surface area contributed by atoms with Gasteiger partial charge in [-0.05, 0) is 45.0 Å². The van der Waals surface area contributed by atoms with Crippen LogP contribution in [0.1, 0.15) is 38.6 Å². The van der Waals surface area contributed by atoms with E-state index in [4.69, 9.17) is 10.5 Å². The topological polar surface area (TPSA) is 82.2 Å². The predicted molar refractivity (Wildman–Crippen MR) is 110 cm³/mol. The number of carbonyl (C=O) groups is 1. The summed E-state index contributed by atoms with van der Waals surface area (Å²) in [4.78, 5) is 12.8. The minimum absolute atomic E-state index is 0. The maximum atomic E-state index is 14.6. The summed E-state index contributed by atoms with van der Waals surface area (Å²) in [5.41, 5.74) is 7.16. The van der Waals surface area contributed by atoms with Crippen LogP contribution in [0, 0.1) is 25.1 Å². The highest BCUT2D eigenvalue weighted by molar-refractivity contribution is 5.99. The van der Waals surface area contributed by atoms with Crippen molar-refractivity contribution in [3.63, 3.8) is 0 Å². The Morgan fingerprint density at radius 3 is 2.57 bits per heavy atom. The molecular weight excluding hydrogens is 383 g/mol. The number of amides is 1. The first kappa shape index (κ1) is 22.3. The normalized spacial score (nSPS) is 22.9. The van der Waals surface area contributed by atoms with Gasteiger partial charge in [0.1, 0.15) is 11.2 Å². The lowest BCUT2D eigenvalue weighted by molar-refractivity contribution is -0.166. The highest BCUT2D eigenvalue weighted by Crippen LogP contribution is 2.50.